The molecule has 162 valence electrons. The van der Waals surface area contributed by atoms with Crippen molar-refractivity contribution in [3.8, 4) is 0 Å². The molecule has 0 atom stereocenters. The van der Waals surface area contributed by atoms with Gasteiger partial charge in [-0.3, -0.25) is 0 Å². The van der Waals surface area contributed by atoms with Gasteiger partial charge in [-0.05, 0) is 36.8 Å². The van der Waals surface area contributed by atoms with Crippen molar-refractivity contribution < 1.29 is 9.63 Å². The minimum absolute atomic E-state index is 0.465. The highest BCUT2D eigenvalue weighted by Gasteiger charge is 2.15. The maximum atomic E-state index is 12.5. The number of rotatable bonds is 6. The Bertz CT molecular complexity index is 1450. The minimum atomic E-state index is -0.482. The molecule has 1 heterocycles. The van der Waals surface area contributed by atoms with Gasteiger partial charge in [-0.2, -0.15) is 0 Å². The Morgan fingerprint density at radius 3 is 2.09 bits per heavy atom. The number of carbonyl (C=O) groups is 1. The van der Waals surface area contributed by atoms with E-state index in [0.717, 1.165) is 29.5 Å². The Balaban J connectivity index is 1.63. The molecule has 5 rings (SSSR count). The third-order valence-electron chi connectivity index (χ3n) is 5.77. The molecule has 0 unspecified atom stereocenters. The molecular formula is C29H24N2O2. The molecule has 0 amide bonds. The maximum Gasteiger partial charge on any atom is 0.365 e. The highest BCUT2D eigenvalue weighted by molar-refractivity contribution is 6.17. The van der Waals surface area contributed by atoms with E-state index in [1.807, 2.05) is 36.4 Å². The third-order valence-corrected chi connectivity index (χ3v) is 5.77. The molecule has 4 aromatic carbocycles. The molecule has 0 aliphatic carbocycles. The molecule has 33 heavy (non-hydrogen) atoms. The lowest BCUT2D eigenvalue weighted by Gasteiger charge is -2.09. The normalized spacial score (nSPS) is 11.7. The molecule has 0 aliphatic heterocycles. The summed E-state index contributed by atoms with van der Waals surface area (Å²) >= 11 is 0. The topological polar surface area (TPSA) is 43.6 Å². The fraction of sp³-hybridized carbons (Fsp3) is 0.103. The fourth-order valence-corrected chi connectivity index (χ4v) is 4.25. The van der Waals surface area contributed by atoms with E-state index >= 15 is 0 Å². The number of nitrogens with zero attached hydrogens (tertiary/aromatic N) is 2. The van der Waals surface area contributed by atoms with E-state index < -0.39 is 5.97 Å². The van der Waals surface area contributed by atoms with Gasteiger partial charge < -0.3 is 9.40 Å². The van der Waals surface area contributed by atoms with E-state index in [1.54, 1.807) is 24.3 Å². The van der Waals surface area contributed by atoms with Crippen molar-refractivity contribution in [3.05, 3.63) is 120 Å². The van der Waals surface area contributed by atoms with Crippen molar-refractivity contribution in [1.29, 1.82) is 0 Å². The molecule has 0 spiro atoms. The van der Waals surface area contributed by atoms with Gasteiger partial charge in [0.05, 0.1) is 5.56 Å². The van der Waals surface area contributed by atoms with Crippen LogP contribution in [-0.2, 0) is 11.4 Å². The first-order valence-corrected chi connectivity index (χ1v) is 11.2. The second-order valence-corrected chi connectivity index (χ2v) is 7.95. The zero-order chi connectivity index (χ0) is 22.6. The number of aromatic nitrogens is 1. The van der Waals surface area contributed by atoms with E-state index in [4.69, 9.17) is 4.84 Å². The summed E-state index contributed by atoms with van der Waals surface area (Å²) < 4.78 is 2.36. The van der Waals surface area contributed by atoms with Crippen LogP contribution in [0.15, 0.2) is 108 Å². The van der Waals surface area contributed by atoms with Gasteiger partial charge in [-0.1, -0.05) is 84.9 Å². The molecular weight excluding hydrogens is 408 g/mol. The van der Waals surface area contributed by atoms with E-state index in [-0.39, 0.29) is 0 Å². The number of para-hydroxylation sites is 1. The summed E-state index contributed by atoms with van der Waals surface area (Å²) in [5.41, 5.74) is 5.28. The first kappa shape index (κ1) is 20.7. The largest absolute Gasteiger partial charge is 0.365 e. The molecule has 0 bridgehead atoms. The van der Waals surface area contributed by atoms with Gasteiger partial charge in [0.25, 0.3) is 0 Å². The standard InChI is InChI=1S/C29H24N2O2/c1-2-19-31-26-16-10-9-15-24(26)25-20-23(17-18-27(25)31)28(21-11-5-3-6-12-21)30-33-29(32)22-13-7-4-8-14-22/h3-18,20H,2,19H2,1H3/b30-28-. The van der Waals surface area contributed by atoms with Gasteiger partial charge in [0.15, 0.2) is 0 Å². The lowest BCUT2D eigenvalue weighted by Crippen LogP contribution is -2.08. The zero-order valence-electron chi connectivity index (χ0n) is 18.4. The van der Waals surface area contributed by atoms with E-state index in [0.29, 0.717) is 11.3 Å². The smallest absolute Gasteiger partial charge is 0.340 e. The van der Waals surface area contributed by atoms with Crippen LogP contribution in [-0.4, -0.2) is 16.2 Å². The number of fused-ring (bicyclic) bond motifs is 3. The van der Waals surface area contributed by atoms with Crippen molar-refractivity contribution in [1.82, 2.24) is 4.57 Å². The summed E-state index contributed by atoms with van der Waals surface area (Å²) in [4.78, 5) is 17.9. The molecule has 4 heteroatoms. The Labute approximate surface area is 192 Å². The molecule has 0 aliphatic rings. The number of benzene rings is 4. The highest BCUT2D eigenvalue weighted by Crippen LogP contribution is 2.30. The number of hydrogen-bond donors (Lipinski definition) is 0. The van der Waals surface area contributed by atoms with E-state index in [9.17, 15) is 4.79 Å². The molecule has 5 aromatic rings. The Morgan fingerprint density at radius 2 is 1.36 bits per heavy atom. The predicted molar refractivity (Wildman–Crippen MR) is 134 cm³/mol. The second-order valence-electron chi connectivity index (χ2n) is 7.95. The highest BCUT2D eigenvalue weighted by atomic mass is 16.7. The number of aryl methyl sites for hydroxylation is 1. The lowest BCUT2D eigenvalue weighted by molar-refractivity contribution is 0.0517. The Kier molecular flexibility index (Phi) is 5.73. The molecule has 0 radical (unpaired) electrons. The molecule has 1 aromatic heterocycles. The van der Waals surface area contributed by atoms with Gasteiger partial charge in [-0.25, -0.2) is 4.79 Å². The van der Waals surface area contributed by atoms with Gasteiger partial charge in [0.1, 0.15) is 5.71 Å². The summed E-state index contributed by atoms with van der Waals surface area (Å²) in [5.74, 6) is -0.482. The van der Waals surface area contributed by atoms with Crippen molar-refractivity contribution in [3.63, 3.8) is 0 Å². The van der Waals surface area contributed by atoms with Crippen molar-refractivity contribution in [2.75, 3.05) is 0 Å². The van der Waals surface area contributed by atoms with E-state index in [1.165, 1.54) is 16.4 Å². The van der Waals surface area contributed by atoms with Crippen LogP contribution in [0.25, 0.3) is 21.8 Å². The third kappa shape index (κ3) is 4.03. The first-order chi connectivity index (χ1) is 16.3. The monoisotopic (exact) mass is 432 g/mol. The van der Waals surface area contributed by atoms with Crippen LogP contribution in [0, 0.1) is 0 Å². The molecule has 0 saturated carbocycles. The van der Waals surface area contributed by atoms with Crippen LogP contribution in [0.2, 0.25) is 0 Å². The van der Waals surface area contributed by atoms with Crippen LogP contribution in [0.3, 0.4) is 0 Å². The van der Waals surface area contributed by atoms with Crippen molar-refractivity contribution in [2.45, 2.75) is 19.9 Å². The van der Waals surface area contributed by atoms with Gasteiger partial charge in [0.2, 0.25) is 0 Å². The zero-order valence-corrected chi connectivity index (χ0v) is 18.4. The first-order valence-electron chi connectivity index (χ1n) is 11.2. The average molecular weight is 433 g/mol. The number of oxime groups is 1. The lowest BCUT2D eigenvalue weighted by atomic mass is 10.0. The minimum Gasteiger partial charge on any atom is -0.340 e. The summed E-state index contributed by atoms with van der Waals surface area (Å²) in [6.07, 6.45) is 1.06. The van der Waals surface area contributed by atoms with Crippen LogP contribution in [0.4, 0.5) is 0 Å². The molecule has 0 saturated heterocycles. The predicted octanol–water partition coefficient (Wildman–Crippen LogP) is 6.81. The maximum absolute atomic E-state index is 12.5. The summed E-state index contributed by atoms with van der Waals surface area (Å²) in [7, 11) is 0. The summed E-state index contributed by atoms with van der Waals surface area (Å²) in [5, 5.41) is 6.70. The Morgan fingerprint density at radius 1 is 0.727 bits per heavy atom. The molecule has 0 N–H and O–H groups in total. The molecule has 4 nitrogen and oxygen atoms in total. The van der Waals surface area contributed by atoms with Crippen LogP contribution < -0.4 is 0 Å². The van der Waals surface area contributed by atoms with Gasteiger partial charge in [-0.15, -0.1) is 0 Å². The quantitative estimate of drug-likeness (QED) is 0.168. The van der Waals surface area contributed by atoms with Crippen LogP contribution in [0.1, 0.15) is 34.8 Å². The second kappa shape index (κ2) is 9.13. The number of carbonyl (C=O) groups excluding carboxylic acids is 1. The molecule has 0 fully saturated rings. The fourth-order valence-electron chi connectivity index (χ4n) is 4.25. The Hall–Kier alpha value is -4.18. The van der Waals surface area contributed by atoms with Crippen LogP contribution >= 0.6 is 0 Å². The summed E-state index contributed by atoms with van der Waals surface area (Å²) in [6, 6.07) is 33.5. The average Bonchev–Trinajstić information content (AvgIpc) is 3.19. The van der Waals surface area contributed by atoms with Gasteiger partial charge in [0, 0.05) is 39.5 Å². The van der Waals surface area contributed by atoms with Crippen molar-refractivity contribution >= 4 is 33.5 Å². The SMILES string of the molecule is CCCn1c2ccccc2c2cc(/C(=N\OC(=O)c3ccccc3)c3ccccc3)ccc21. The van der Waals surface area contributed by atoms with Crippen LogP contribution in [0.5, 0.6) is 0 Å². The van der Waals surface area contributed by atoms with Gasteiger partial charge >= 0.3 is 5.97 Å². The van der Waals surface area contributed by atoms with E-state index in [2.05, 4.69) is 59.1 Å². The summed E-state index contributed by atoms with van der Waals surface area (Å²) in [6.45, 7) is 3.15. The number of hydrogen-bond acceptors (Lipinski definition) is 3. The van der Waals surface area contributed by atoms with Crippen molar-refractivity contribution in [2.24, 2.45) is 5.16 Å².